The molecule has 0 unspecified atom stereocenters. The fraction of sp³-hybridized carbons (Fsp3) is 0.350. The Morgan fingerprint density at radius 1 is 1.37 bits per heavy atom. The predicted octanol–water partition coefficient (Wildman–Crippen LogP) is 2.87. The number of hydrogen-bond donors (Lipinski definition) is 5. The van der Waals surface area contributed by atoms with Gasteiger partial charge >= 0.3 is 7.55 Å². The van der Waals surface area contributed by atoms with Gasteiger partial charge in [0.2, 0.25) is 6.41 Å². The van der Waals surface area contributed by atoms with Gasteiger partial charge in [-0.15, -0.1) is 0 Å². The number of aryl methyl sites for hydroxylation is 1. The molecule has 10 heteroatoms. The van der Waals surface area contributed by atoms with Crippen molar-refractivity contribution >= 4 is 54.8 Å². The van der Waals surface area contributed by atoms with Gasteiger partial charge in [0.15, 0.2) is 5.96 Å². The zero-order chi connectivity index (χ0) is 21.8. The van der Waals surface area contributed by atoms with Crippen LogP contribution in [0, 0.1) is 6.92 Å². The number of amides is 1. The molecular formula is C20H29BClN7O. The lowest BCUT2D eigenvalue weighted by atomic mass is 10.1. The van der Waals surface area contributed by atoms with Crippen LogP contribution in [0.2, 0.25) is 0 Å². The molecule has 1 aromatic carbocycles. The Labute approximate surface area is 183 Å². The van der Waals surface area contributed by atoms with Crippen molar-refractivity contribution in [1.29, 1.82) is 0 Å². The zero-order valence-corrected chi connectivity index (χ0v) is 18.4. The molecule has 30 heavy (non-hydrogen) atoms. The van der Waals surface area contributed by atoms with Gasteiger partial charge in [-0.25, -0.2) is 0 Å². The normalized spacial score (nSPS) is 13.8. The van der Waals surface area contributed by atoms with E-state index in [1.807, 2.05) is 38.3 Å². The van der Waals surface area contributed by atoms with E-state index in [9.17, 15) is 4.79 Å². The summed E-state index contributed by atoms with van der Waals surface area (Å²) in [4.78, 5) is 19.9. The number of carbonyl (C=O) groups excluding carboxylic acids is 1. The van der Waals surface area contributed by atoms with Gasteiger partial charge in [-0.2, -0.15) is 0 Å². The summed E-state index contributed by atoms with van der Waals surface area (Å²) < 4.78 is 0. The number of rotatable bonds is 10. The molecule has 0 aromatic heterocycles. The van der Waals surface area contributed by atoms with Crippen LogP contribution in [0.15, 0.2) is 45.0 Å². The molecule has 0 fully saturated rings. The SMILES string of the molecule is C/C=N\c1cc(C)c(N/C(=N/BNC2=CNCC(Cl)=C2)NC=O)cc1NCCCC. The number of unbranched alkanes of at least 4 members (excludes halogenated alkanes) is 1. The number of benzene rings is 1. The highest BCUT2D eigenvalue weighted by atomic mass is 35.5. The second kappa shape index (κ2) is 12.6. The Bertz CT molecular complexity index is 852. The van der Waals surface area contributed by atoms with Gasteiger partial charge < -0.3 is 26.5 Å². The number of dihydropyridines is 1. The number of aliphatic imine (C=N–C) groups is 1. The van der Waals surface area contributed by atoms with E-state index in [0.717, 1.165) is 47.7 Å². The summed E-state index contributed by atoms with van der Waals surface area (Å²) in [5, 5.41) is 16.1. The first-order valence-electron chi connectivity index (χ1n) is 9.99. The average molecular weight is 430 g/mol. The minimum absolute atomic E-state index is 0.260. The smallest absolute Gasteiger partial charge is 0.377 e. The average Bonchev–Trinajstić information content (AvgIpc) is 2.71. The van der Waals surface area contributed by atoms with E-state index in [1.165, 1.54) is 0 Å². The molecule has 0 bridgehead atoms. The zero-order valence-electron chi connectivity index (χ0n) is 17.7. The third-order valence-electron chi connectivity index (χ3n) is 4.27. The maximum absolute atomic E-state index is 11.0. The van der Waals surface area contributed by atoms with Crippen LogP contribution >= 0.6 is 11.6 Å². The Morgan fingerprint density at radius 3 is 2.90 bits per heavy atom. The lowest BCUT2D eigenvalue weighted by Gasteiger charge is -2.16. The molecule has 8 nitrogen and oxygen atoms in total. The number of anilines is 2. The molecule has 0 aliphatic carbocycles. The summed E-state index contributed by atoms with van der Waals surface area (Å²) in [6.45, 7) is 7.50. The van der Waals surface area contributed by atoms with E-state index in [4.69, 9.17) is 11.6 Å². The topological polar surface area (TPSA) is 102 Å². The van der Waals surface area contributed by atoms with Gasteiger partial charge in [-0.1, -0.05) is 24.9 Å². The summed E-state index contributed by atoms with van der Waals surface area (Å²) in [5.74, 6) is 0.339. The molecule has 1 aliphatic heterocycles. The molecule has 5 N–H and O–H groups in total. The van der Waals surface area contributed by atoms with Crippen molar-refractivity contribution in [2.75, 3.05) is 23.7 Å². The first-order valence-corrected chi connectivity index (χ1v) is 10.4. The molecule has 0 radical (unpaired) electrons. The largest absolute Gasteiger partial charge is 0.410 e. The lowest BCUT2D eigenvalue weighted by molar-refractivity contribution is -0.108. The number of carbonyl (C=O) groups is 1. The second-order valence-electron chi connectivity index (χ2n) is 6.65. The summed E-state index contributed by atoms with van der Waals surface area (Å²) in [6, 6.07) is 3.98. The Morgan fingerprint density at radius 2 is 2.20 bits per heavy atom. The van der Waals surface area contributed by atoms with Crippen LogP contribution in [0.4, 0.5) is 17.1 Å². The van der Waals surface area contributed by atoms with Gasteiger partial charge in [0.25, 0.3) is 0 Å². The fourth-order valence-corrected chi connectivity index (χ4v) is 2.95. The van der Waals surface area contributed by atoms with Gasteiger partial charge in [-0.3, -0.25) is 14.7 Å². The number of hydrogen-bond acceptors (Lipinski definition) is 6. The first kappa shape index (κ1) is 23.3. The molecule has 0 atom stereocenters. The van der Waals surface area contributed by atoms with Crippen molar-refractivity contribution in [2.24, 2.45) is 9.90 Å². The van der Waals surface area contributed by atoms with Crippen molar-refractivity contribution in [2.45, 2.75) is 33.6 Å². The van der Waals surface area contributed by atoms with Crippen LogP contribution in [-0.2, 0) is 4.79 Å². The highest BCUT2D eigenvalue weighted by Gasteiger charge is 2.09. The van der Waals surface area contributed by atoms with Gasteiger partial charge in [-0.05, 0) is 44.0 Å². The van der Waals surface area contributed by atoms with E-state index in [1.54, 1.807) is 6.21 Å². The number of guanidine groups is 1. The molecule has 0 saturated heterocycles. The Balaban J connectivity index is 2.15. The van der Waals surface area contributed by atoms with E-state index in [2.05, 4.69) is 43.3 Å². The minimum atomic E-state index is 0.260. The van der Waals surface area contributed by atoms with E-state index in [0.29, 0.717) is 23.9 Å². The maximum Gasteiger partial charge on any atom is 0.377 e. The van der Waals surface area contributed by atoms with Crippen LogP contribution < -0.4 is 26.5 Å². The lowest BCUT2D eigenvalue weighted by Crippen LogP contribution is -2.32. The summed E-state index contributed by atoms with van der Waals surface area (Å²) >= 11 is 6.02. The molecule has 1 aliphatic rings. The molecule has 1 heterocycles. The third kappa shape index (κ3) is 7.48. The Kier molecular flexibility index (Phi) is 9.80. The van der Waals surface area contributed by atoms with Gasteiger partial charge in [0.1, 0.15) is 0 Å². The van der Waals surface area contributed by atoms with Crippen LogP contribution in [0.25, 0.3) is 0 Å². The summed E-state index contributed by atoms with van der Waals surface area (Å²) in [7, 11) is 0.260. The number of halogens is 1. The van der Waals surface area contributed by atoms with Gasteiger partial charge in [0, 0.05) is 35.4 Å². The van der Waals surface area contributed by atoms with Crippen LogP contribution in [0.1, 0.15) is 32.3 Å². The number of nitrogens with one attached hydrogen (secondary N) is 5. The predicted molar refractivity (Wildman–Crippen MR) is 129 cm³/mol. The monoisotopic (exact) mass is 429 g/mol. The fourth-order valence-electron chi connectivity index (χ4n) is 2.75. The van der Waals surface area contributed by atoms with Crippen LogP contribution in [-0.4, -0.2) is 39.2 Å². The van der Waals surface area contributed by atoms with Crippen molar-refractivity contribution in [3.05, 3.63) is 40.7 Å². The molecule has 0 saturated carbocycles. The third-order valence-corrected chi connectivity index (χ3v) is 4.51. The van der Waals surface area contributed by atoms with Gasteiger partial charge in [0.05, 0.1) is 17.9 Å². The standard InChI is InChI=1S/C20H29BClN7O/c1-4-6-7-25-19-10-17(14(3)8-18(19)24-5-2)27-20(26-13-30)29-21-28-16-9-15(22)11-23-12-16/h5,8-10,12-13,21,23,25,28H,4,6-7,11H2,1-3H3,(H2,26,27,29,30)/b24-5-. The number of nitrogens with zero attached hydrogens (tertiary/aromatic N) is 2. The van der Waals surface area contributed by atoms with Crippen LogP contribution in [0.3, 0.4) is 0 Å². The van der Waals surface area contributed by atoms with Crippen molar-refractivity contribution in [3.63, 3.8) is 0 Å². The molecular weight excluding hydrogens is 401 g/mol. The number of allylic oxidation sites excluding steroid dienone is 1. The van der Waals surface area contributed by atoms with E-state index >= 15 is 0 Å². The van der Waals surface area contributed by atoms with E-state index < -0.39 is 0 Å². The Hall–Kier alpha value is -2.94. The highest BCUT2D eigenvalue weighted by Crippen LogP contribution is 2.31. The highest BCUT2D eigenvalue weighted by molar-refractivity contribution is 6.35. The van der Waals surface area contributed by atoms with Crippen molar-refractivity contribution < 1.29 is 4.79 Å². The molecule has 1 amide bonds. The molecule has 0 spiro atoms. The van der Waals surface area contributed by atoms with Crippen molar-refractivity contribution in [3.8, 4) is 0 Å². The minimum Gasteiger partial charge on any atom is -0.410 e. The first-order chi connectivity index (χ1) is 14.6. The molecule has 1 aromatic rings. The molecule has 2 rings (SSSR count). The summed E-state index contributed by atoms with van der Waals surface area (Å²) in [5.41, 5.74) is 4.44. The second-order valence-corrected chi connectivity index (χ2v) is 7.14. The quantitative estimate of drug-likeness (QED) is 0.129. The van der Waals surface area contributed by atoms with Crippen LogP contribution in [0.5, 0.6) is 0 Å². The van der Waals surface area contributed by atoms with Crippen molar-refractivity contribution in [1.82, 2.24) is 15.9 Å². The molecule has 160 valence electrons. The van der Waals surface area contributed by atoms with E-state index in [-0.39, 0.29) is 7.55 Å². The maximum atomic E-state index is 11.0. The summed E-state index contributed by atoms with van der Waals surface area (Å²) in [6.07, 6.45) is 8.20.